The van der Waals surface area contributed by atoms with Crippen molar-refractivity contribution in [1.29, 1.82) is 0 Å². The van der Waals surface area contributed by atoms with Gasteiger partial charge in [0.2, 0.25) is 5.91 Å². The van der Waals surface area contributed by atoms with Crippen molar-refractivity contribution in [2.75, 3.05) is 25.1 Å². The van der Waals surface area contributed by atoms with E-state index in [9.17, 15) is 13.2 Å². The summed E-state index contributed by atoms with van der Waals surface area (Å²) < 4.78 is 33.3. The first-order valence-electron chi connectivity index (χ1n) is 6.47. The van der Waals surface area contributed by atoms with Gasteiger partial charge in [0, 0.05) is 23.0 Å². The zero-order valence-electron chi connectivity index (χ0n) is 11.9. The summed E-state index contributed by atoms with van der Waals surface area (Å²) >= 11 is 0. The lowest BCUT2D eigenvalue weighted by molar-refractivity contribution is -0.120. The van der Waals surface area contributed by atoms with Crippen molar-refractivity contribution in [3.05, 3.63) is 18.2 Å². The summed E-state index contributed by atoms with van der Waals surface area (Å²) in [7, 11) is 1.40. The van der Waals surface area contributed by atoms with Crippen molar-refractivity contribution >= 4 is 31.3 Å². The highest BCUT2D eigenvalue weighted by Gasteiger charge is 2.18. The summed E-state index contributed by atoms with van der Waals surface area (Å²) in [6.45, 7) is 4.35. The quantitative estimate of drug-likeness (QED) is 0.582. The standard InChI is InChI=1S/C13H18ClNO5S/c1-3-7-19-9-13(16)15-10-5-6-11(20-4-2)12(8-10)21(14,17)18/h5-6,8H,3-4,7,9H2,1-2H3,(H,15,16). The van der Waals surface area contributed by atoms with E-state index in [-0.39, 0.29) is 23.2 Å². The molecule has 0 radical (unpaired) electrons. The topological polar surface area (TPSA) is 81.7 Å². The molecule has 0 atom stereocenters. The van der Waals surface area contributed by atoms with Gasteiger partial charge in [-0.25, -0.2) is 8.42 Å². The molecule has 6 nitrogen and oxygen atoms in total. The predicted molar refractivity (Wildman–Crippen MR) is 80.4 cm³/mol. The van der Waals surface area contributed by atoms with Crippen LogP contribution in [0.5, 0.6) is 5.75 Å². The summed E-state index contributed by atoms with van der Waals surface area (Å²) in [6, 6.07) is 4.24. The Hall–Kier alpha value is -1.31. The highest BCUT2D eigenvalue weighted by atomic mass is 35.7. The second-order valence-electron chi connectivity index (χ2n) is 4.13. The van der Waals surface area contributed by atoms with Crippen LogP contribution in [0, 0.1) is 0 Å². The molecule has 118 valence electrons. The summed E-state index contributed by atoms with van der Waals surface area (Å²) in [6.07, 6.45) is 0.810. The third kappa shape index (κ3) is 5.91. The number of halogens is 1. The Morgan fingerprint density at radius 3 is 2.62 bits per heavy atom. The second kappa shape index (κ2) is 8.21. The number of rotatable bonds is 8. The molecule has 0 aromatic heterocycles. The minimum atomic E-state index is -3.97. The minimum Gasteiger partial charge on any atom is -0.492 e. The van der Waals surface area contributed by atoms with E-state index in [2.05, 4.69) is 5.32 Å². The maximum atomic E-state index is 11.6. The summed E-state index contributed by atoms with van der Waals surface area (Å²) in [5.41, 5.74) is 0.308. The van der Waals surface area contributed by atoms with Crippen LogP contribution < -0.4 is 10.1 Å². The van der Waals surface area contributed by atoms with Crippen LogP contribution in [-0.2, 0) is 18.6 Å². The zero-order valence-corrected chi connectivity index (χ0v) is 13.5. The lowest BCUT2D eigenvalue weighted by atomic mass is 10.3. The highest BCUT2D eigenvalue weighted by molar-refractivity contribution is 8.13. The van der Waals surface area contributed by atoms with Crippen LogP contribution in [0.15, 0.2) is 23.1 Å². The molecule has 1 amide bonds. The van der Waals surface area contributed by atoms with E-state index in [0.29, 0.717) is 18.9 Å². The van der Waals surface area contributed by atoms with Crippen LogP contribution in [0.2, 0.25) is 0 Å². The van der Waals surface area contributed by atoms with Crippen molar-refractivity contribution in [2.45, 2.75) is 25.2 Å². The van der Waals surface area contributed by atoms with Gasteiger partial charge in [0.05, 0.1) is 6.61 Å². The monoisotopic (exact) mass is 335 g/mol. The molecule has 0 aliphatic carbocycles. The molecule has 0 aliphatic rings. The number of anilines is 1. The number of hydrogen-bond donors (Lipinski definition) is 1. The predicted octanol–water partition coefficient (Wildman–Crippen LogP) is 2.38. The molecular formula is C13H18ClNO5S. The van der Waals surface area contributed by atoms with Crippen LogP contribution in [0.1, 0.15) is 20.3 Å². The van der Waals surface area contributed by atoms with Crippen LogP contribution in [0.25, 0.3) is 0 Å². The number of amides is 1. The first-order valence-corrected chi connectivity index (χ1v) is 8.78. The van der Waals surface area contributed by atoms with Gasteiger partial charge in [-0.15, -0.1) is 0 Å². The molecule has 21 heavy (non-hydrogen) atoms. The number of carbonyl (C=O) groups excluding carboxylic acids is 1. The van der Waals surface area contributed by atoms with Gasteiger partial charge in [0.1, 0.15) is 17.3 Å². The Labute approximate surface area is 128 Å². The first kappa shape index (κ1) is 17.7. The lowest BCUT2D eigenvalue weighted by Gasteiger charge is -2.11. The van der Waals surface area contributed by atoms with Crippen LogP contribution in [-0.4, -0.2) is 34.1 Å². The van der Waals surface area contributed by atoms with Crippen molar-refractivity contribution in [1.82, 2.24) is 0 Å². The fourth-order valence-corrected chi connectivity index (χ4v) is 2.55. The Morgan fingerprint density at radius 2 is 2.05 bits per heavy atom. The normalized spacial score (nSPS) is 11.2. The fourth-order valence-electron chi connectivity index (χ4n) is 1.56. The van der Waals surface area contributed by atoms with Crippen LogP contribution in [0.3, 0.4) is 0 Å². The fraction of sp³-hybridized carbons (Fsp3) is 0.462. The molecule has 0 aliphatic heterocycles. The maximum absolute atomic E-state index is 11.6. The molecule has 0 bridgehead atoms. The average Bonchev–Trinajstić information content (AvgIpc) is 2.40. The molecule has 0 fully saturated rings. The number of nitrogens with one attached hydrogen (secondary N) is 1. The van der Waals surface area contributed by atoms with Gasteiger partial charge in [0.15, 0.2) is 0 Å². The SMILES string of the molecule is CCCOCC(=O)Nc1ccc(OCC)c(S(=O)(=O)Cl)c1. The molecule has 0 unspecified atom stereocenters. The molecule has 1 N–H and O–H groups in total. The van der Waals surface area contributed by atoms with Gasteiger partial charge in [-0.1, -0.05) is 6.92 Å². The maximum Gasteiger partial charge on any atom is 0.265 e. The third-order valence-electron chi connectivity index (χ3n) is 2.37. The molecule has 0 heterocycles. The zero-order chi connectivity index (χ0) is 15.9. The molecule has 8 heteroatoms. The van der Waals surface area contributed by atoms with E-state index >= 15 is 0 Å². The molecule has 1 aromatic carbocycles. The minimum absolute atomic E-state index is 0.0932. The van der Waals surface area contributed by atoms with Crippen LogP contribution >= 0.6 is 10.7 Å². The van der Waals surface area contributed by atoms with Gasteiger partial charge < -0.3 is 14.8 Å². The second-order valence-corrected chi connectivity index (χ2v) is 6.67. The molecular weight excluding hydrogens is 318 g/mol. The Balaban J connectivity index is 2.88. The Kier molecular flexibility index (Phi) is 6.94. The number of ether oxygens (including phenoxy) is 2. The van der Waals surface area contributed by atoms with Crippen molar-refractivity contribution in [2.24, 2.45) is 0 Å². The van der Waals surface area contributed by atoms with Gasteiger partial charge >= 0.3 is 0 Å². The van der Waals surface area contributed by atoms with Gasteiger partial charge in [-0.2, -0.15) is 0 Å². The summed E-state index contributed by atoms with van der Waals surface area (Å²) in [5, 5.41) is 2.54. The molecule has 0 saturated carbocycles. The smallest absolute Gasteiger partial charge is 0.265 e. The summed E-state index contributed by atoms with van der Waals surface area (Å²) in [4.78, 5) is 11.4. The largest absolute Gasteiger partial charge is 0.492 e. The molecule has 0 saturated heterocycles. The Morgan fingerprint density at radius 1 is 1.33 bits per heavy atom. The van der Waals surface area contributed by atoms with Gasteiger partial charge in [-0.3, -0.25) is 4.79 Å². The molecule has 1 rings (SSSR count). The van der Waals surface area contributed by atoms with Crippen molar-refractivity contribution in [3.8, 4) is 5.75 Å². The molecule has 0 spiro atoms. The average molecular weight is 336 g/mol. The third-order valence-corrected chi connectivity index (χ3v) is 3.71. The van der Waals surface area contributed by atoms with E-state index in [1.807, 2.05) is 6.92 Å². The van der Waals surface area contributed by atoms with E-state index in [0.717, 1.165) is 6.42 Å². The number of hydrogen-bond acceptors (Lipinski definition) is 5. The number of carbonyl (C=O) groups is 1. The van der Waals surface area contributed by atoms with E-state index in [1.54, 1.807) is 6.92 Å². The van der Waals surface area contributed by atoms with E-state index in [1.165, 1.54) is 18.2 Å². The van der Waals surface area contributed by atoms with E-state index in [4.69, 9.17) is 20.2 Å². The number of benzene rings is 1. The first-order chi connectivity index (χ1) is 9.88. The van der Waals surface area contributed by atoms with Gasteiger partial charge in [-0.05, 0) is 31.5 Å². The van der Waals surface area contributed by atoms with Gasteiger partial charge in [0.25, 0.3) is 9.05 Å². The highest BCUT2D eigenvalue weighted by Crippen LogP contribution is 2.30. The van der Waals surface area contributed by atoms with E-state index < -0.39 is 9.05 Å². The van der Waals surface area contributed by atoms with Crippen molar-refractivity contribution < 1.29 is 22.7 Å². The lowest BCUT2D eigenvalue weighted by Crippen LogP contribution is -2.18. The molecule has 1 aromatic rings. The van der Waals surface area contributed by atoms with Crippen molar-refractivity contribution in [3.63, 3.8) is 0 Å². The Bertz CT molecular complexity index is 588. The summed E-state index contributed by atoms with van der Waals surface area (Å²) in [5.74, 6) is -0.224. The van der Waals surface area contributed by atoms with Crippen LogP contribution in [0.4, 0.5) is 5.69 Å².